The first kappa shape index (κ1) is 9.52. The summed E-state index contributed by atoms with van der Waals surface area (Å²) < 4.78 is 10.3. The molecule has 3 heteroatoms. The molecule has 3 nitrogen and oxygen atoms in total. The minimum atomic E-state index is -0.135. The highest BCUT2D eigenvalue weighted by atomic mass is 16.5. The molecule has 2 atom stereocenters. The van der Waals surface area contributed by atoms with Crippen LogP contribution in [-0.4, -0.2) is 25.3 Å². The van der Waals surface area contributed by atoms with E-state index in [2.05, 4.69) is 0 Å². The van der Waals surface area contributed by atoms with Crippen LogP contribution in [0.5, 0.6) is 0 Å². The summed E-state index contributed by atoms with van der Waals surface area (Å²) in [6.07, 6.45) is 2.14. The van der Waals surface area contributed by atoms with Crippen LogP contribution in [0.2, 0.25) is 0 Å². The molecule has 0 aliphatic carbocycles. The molecule has 0 bridgehead atoms. The van der Waals surface area contributed by atoms with Gasteiger partial charge in [-0.3, -0.25) is 4.79 Å². The molecule has 0 spiro atoms. The van der Waals surface area contributed by atoms with Gasteiger partial charge in [-0.05, 0) is 26.7 Å². The van der Waals surface area contributed by atoms with Gasteiger partial charge in [-0.25, -0.2) is 0 Å². The smallest absolute Gasteiger partial charge is 0.311 e. The number of hydrogen-bond donors (Lipinski definition) is 0. The lowest BCUT2D eigenvalue weighted by molar-refractivity contribution is -0.151. The standard InChI is InChI=1S/C9H16O3/c1-3-11-9(10)7(2)8-5-4-6-12-8/h7-8H,3-6H2,1-2H3/t7-,8+/m1/s1. The second-order valence-electron chi connectivity index (χ2n) is 3.09. The van der Waals surface area contributed by atoms with Gasteiger partial charge < -0.3 is 9.47 Å². The molecule has 1 saturated heterocycles. The van der Waals surface area contributed by atoms with E-state index in [1.807, 2.05) is 13.8 Å². The van der Waals surface area contributed by atoms with Gasteiger partial charge in [0, 0.05) is 6.61 Å². The van der Waals surface area contributed by atoms with Crippen molar-refractivity contribution in [2.75, 3.05) is 13.2 Å². The van der Waals surface area contributed by atoms with E-state index >= 15 is 0 Å². The van der Waals surface area contributed by atoms with Crippen molar-refractivity contribution in [3.05, 3.63) is 0 Å². The van der Waals surface area contributed by atoms with Crippen LogP contribution in [0.25, 0.3) is 0 Å². The lowest BCUT2D eigenvalue weighted by Gasteiger charge is -2.16. The van der Waals surface area contributed by atoms with E-state index in [1.165, 1.54) is 0 Å². The number of carbonyl (C=O) groups excluding carboxylic acids is 1. The summed E-state index contributed by atoms with van der Waals surface area (Å²) >= 11 is 0. The van der Waals surface area contributed by atoms with Crippen LogP contribution in [0, 0.1) is 5.92 Å². The minimum absolute atomic E-state index is 0.0871. The van der Waals surface area contributed by atoms with Crippen molar-refractivity contribution in [2.45, 2.75) is 32.8 Å². The van der Waals surface area contributed by atoms with Crippen LogP contribution >= 0.6 is 0 Å². The first-order valence-corrected chi connectivity index (χ1v) is 4.54. The zero-order chi connectivity index (χ0) is 8.97. The van der Waals surface area contributed by atoms with Crippen LogP contribution in [0.4, 0.5) is 0 Å². The fraction of sp³-hybridized carbons (Fsp3) is 0.889. The summed E-state index contributed by atoms with van der Waals surface area (Å²) in [5.41, 5.74) is 0. The predicted octanol–water partition coefficient (Wildman–Crippen LogP) is 1.36. The summed E-state index contributed by atoms with van der Waals surface area (Å²) in [5, 5.41) is 0. The highest BCUT2D eigenvalue weighted by molar-refractivity contribution is 5.72. The number of rotatable bonds is 3. The fourth-order valence-corrected chi connectivity index (χ4v) is 1.42. The molecule has 1 fully saturated rings. The Morgan fingerprint density at radius 1 is 1.75 bits per heavy atom. The zero-order valence-electron chi connectivity index (χ0n) is 7.71. The first-order valence-electron chi connectivity index (χ1n) is 4.54. The molecule has 0 aromatic rings. The van der Waals surface area contributed by atoms with Gasteiger partial charge in [-0.2, -0.15) is 0 Å². The van der Waals surface area contributed by atoms with Gasteiger partial charge in [0.2, 0.25) is 0 Å². The molecule has 0 aromatic heterocycles. The van der Waals surface area contributed by atoms with Crippen molar-refractivity contribution in [2.24, 2.45) is 5.92 Å². The van der Waals surface area contributed by atoms with Crippen molar-refractivity contribution >= 4 is 5.97 Å². The lowest BCUT2D eigenvalue weighted by Crippen LogP contribution is -2.26. The summed E-state index contributed by atoms with van der Waals surface area (Å²) in [5.74, 6) is -0.239. The summed E-state index contributed by atoms with van der Waals surface area (Å²) in [6, 6.07) is 0. The van der Waals surface area contributed by atoms with Crippen LogP contribution in [-0.2, 0) is 14.3 Å². The van der Waals surface area contributed by atoms with E-state index in [0.717, 1.165) is 19.4 Å². The molecule has 70 valence electrons. The molecular formula is C9H16O3. The third-order valence-electron chi connectivity index (χ3n) is 2.18. The number of esters is 1. The molecule has 0 aromatic carbocycles. The van der Waals surface area contributed by atoms with Crippen LogP contribution in [0.1, 0.15) is 26.7 Å². The number of carbonyl (C=O) groups is 1. The first-order chi connectivity index (χ1) is 5.75. The van der Waals surface area contributed by atoms with Gasteiger partial charge >= 0.3 is 5.97 Å². The van der Waals surface area contributed by atoms with Crippen LogP contribution in [0.15, 0.2) is 0 Å². The van der Waals surface area contributed by atoms with E-state index in [-0.39, 0.29) is 18.0 Å². The van der Waals surface area contributed by atoms with Crippen molar-refractivity contribution < 1.29 is 14.3 Å². The fourth-order valence-electron chi connectivity index (χ4n) is 1.42. The Morgan fingerprint density at radius 2 is 2.50 bits per heavy atom. The second-order valence-corrected chi connectivity index (χ2v) is 3.09. The van der Waals surface area contributed by atoms with E-state index in [4.69, 9.17) is 9.47 Å². The molecule has 1 heterocycles. The van der Waals surface area contributed by atoms with Crippen molar-refractivity contribution in [3.63, 3.8) is 0 Å². The molecule has 1 aliphatic heterocycles. The lowest BCUT2D eigenvalue weighted by atomic mass is 10.0. The van der Waals surface area contributed by atoms with E-state index < -0.39 is 0 Å². The van der Waals surface area contributed by atoms with Gasteiger partial charge in [0.25, 0.3) is 0 Å². The average Bonchev–Trinajstić information content (AvgIpc) is 2.55. The molecule has 12 heavy (non-hydrogen) atoms. The van der Waals surface area contributed by atoms with Gasteiger partial charge in [0.05, 0.1) is 18.6 Å². The molecule has 0 unspecified atom stereocenters. The Labute approximate surface area is 73.0 Å². The normalized spacial score (nSPS) is 25.3. The Hall–Kier alpha value is -0.570. The number of ether oxygens (including phenoxy) is 2. The predicted molar refractivity (Wildman–Crippen MR) is 44.8 cm³/mol. The molecular weight excluding hydrogens is 156 g/mol. The van der Waals surface area contributed by atoms with Crippen molar-refractivity contribution in [1.82, 2.24) is 0 Å². The molecule has 1 rings (SSSR count). The summed E-state index contributed by atoms with van der Waals surface area (Å²) in [4.78, 5) is 11.2. The van der Waals surface area contributed by atoms with Crippen molar-refractivity contribution in [1.29, 1.82) is 0 Å². The van der Waals surface area contributed by atoms with Gasteiger partial charge in [-0.15, -0.1) is 0 Å². The summed E-state index contributed by atoms with van der Waals surface area (Å²) in [6.45, 7) is 4.93. The van der Waals surface area contributed by atoms with Gasteiger partial charge in [0.15, 0.2) is 0 Å². The third-order valence-corrected chi connectivity index (χ3v) is 2.18. The van der Waals surface area contributed by atoms with Crippen LogP contribution < -0.4 is 0 Å². The largest absolute Gasteiger partial charge is 0.466 e. The van der Waals surface area contributed by atoms with Gasteiger partial charge in [-0.1, -0.05) is 0 Å². The maximum Gasteiger partial charge on any atom is 0.311 e. The van der Waals surface area contributed by atoms with Gasteiger partial charge in [0.1, 0.15) is 0 Å². The quantitative estimate of drug-likeness (QED) is 0.603. The Kier molecular flexibility index (Phi) is 3.53. The molecule has 0 amide bonds. The van der Waals surface area contributed by atoms with E-state index in [1.54, 1.807) is 0 Å². The molecule has 0 radical (unpaired) electrons. The Morgan fingerprint density at radius 3 is 3.00 bits per heavy atom. The molecule has 0 saturated carbocycles. The Balaban J connectivity index is 2.34. The topological polar surface area (TPSA) is 35.5 Å². The highest BCUT2D eigenvalue weighted by Gasteiger charge is 2.28. The average molecular weight is 172 g/mol. The summed E-state index contributed by atoms with van der Waals surface area (Å²) in [7, 11) is 0. The SMILES string of the molecule is CCOC(=O)[C@H](C)[C@@H]1CCCO1. The van der Waals surface area contributed by atoms with E-state index in [0.29, 0.717) is 6.61 Å². The highest BCUT2D eigenvalue weighted by Crippen LogP contribution is 2.20. The maximum atomic E-state index is 11.2. The molecule has 0 N–H and O–H groups in total. The maximum absolute atomic E-state index is 11.2. The van der Waals surface area contributed by atoms with Crippen LogP contribution in [0.3, 0.4) is 0 Å². The second kappa shape index (κ2) is 4.45. The monoisotopic (exact) mass is 172 g/mol. The molecule has 1 aliphatic rings. The third kappa shape index (κ3) is 2.21. The Bertz CT molecular complexity index is 150. The number of hydrogen-bond acceptors (Lipinski definition) is 3. The minimum Gasteiger partial charge on any atom is -0.466 e. The zero-order valence-corrected chi connectivity index (χ0v) is 7.71. The van der Waals surface area contributed by atoms with E-state index in [9.17, 15) is 4.79 Å². The van der Waals surface area contributed by atoms with Crippen molar-refractivity contribution in [3.8, 4) is 0 Å².